The minimum absolute atomic E-state index is 0.352. The van der Waals surface area contributed by atoms with E-state index in [1.807, 2.05) is 0 Å². The van der Waals surface area contributed by atoms with E-state index in [9.17, 15) is 4.79 Å². The number of esters is 1. The molecular formula is C7H9NO3S. The molecule has 0 N–H and O–H groups in total. The number of methoxy groups -OCH3 is 2. The van der Waals surface area contributed by atoms with E-state index in [-0.39, 0.29) is 5.97 Å². The fraction of sp³-hybridized carbons (Fsp3) is 0.429. The number of carbonyl (C=O) groups excluding carboxylic acids is 1. The van der Waals surface area contributed by atoms with E-state index >= 15 is 0 Å². The molecule has 1 aromatic heterocycles. The van der Waals surface area contributed by atoms with E-state index in [0.29, 0.717) is 11.5 Å². The first kappa shape index (κ1) is 9.15. The van der Waals surface area contributed by atoms with Gasteiger partial charge in [0.2, 0.25) is 0 Å². The van der Waals surface area contributed by atoms with Crippen molar-refractivity contribution in [2.75, 3.05) is 14.2 Å². The average molecular weight is 187 g/mol. The third kappa shape index (κ3) is 2.02. The summed E-state index contributed by atoms with van der Waals surface area (Å²) in [5.74, 6) is -0.352. The Morgan fingerprint density at radius 2 is 2.42 bits per heavy atom. The molecule has 12 heavy (non-hydrogen) atoms. The Morgan fingerprint density at radius 1 is 1.67 bits per heavy atom. The van der Waals surface area contributed by atoms with Gasteiger partial charge in [-0.15, -0.1) is 11.3 Å². The van der Waals surface area contributed by atoms with Crippen molar-refractivity contribution in [3.05, 3.63) is 16.1 Å². The van der Waals surface area contributed by atoms with Gasteiger partial charge in [0.1, 0.15) is 9.88 Å². The first-order chi connectivity index (χ1) is 5.77. The lowest BCUT2D eigenvalue weighted by atomic mass is 10.6. The normalized spacial score (nSPS) is 9.83. The molecule has 66 valence electrons. The predicted molar refractivity (Wildman–Crippen MR) is 44.2 cm³/mol. The molecule has 0 aliphatic carbocycles. The second kappa shape index (κ2) is 4.18. The molecule has 1 aromatic rings. The Kier molecular flexibility index (Phi) is 3.19. The third-order valence-electron chi connectivity index (χ3n) is 1.21. The Labute approximate surface area is 74.1 Å². The van der Waals surface area contributed by atoms with Crippen LogP contribution in [0.5, 0.6) is 0 Å². The number of hydrogen-bond acceptors (Lipinski definition) is 5. The highest BCUT2D eigenvalue weighted by molar-refractivity contribution is 7.13. The smallest absolute Gasteiger partial charge is 0.349 e. The molecular weight excluding hydrogens is 178 g/mol. The van der Waals surface area contributed by atoms with Crippen LogP contribution in [0, 0.1) is 0 Å². The highest BCUT2D eigenvalue weighted by atomic mass is 32.1. The van der Waals surface area contributed by atoms with Gasteiger partial charge in [-0.3, -0.25) is 0 Å². The summed E-state index contributed by atoms with van der Waals surface area (Å²) in [6.07, 6.45) is 1.49. The molecule has 0 fully saturated rings. The SMILES string of the molecule is COCc1ncc(C(=O)OC)s1. The summed E-state index contributed by atoms with van der Waals surface area (Å²) < 4.78 is 9.37. The van der Waals surface area contributed by atoms with Crippen molar-refractivity contribution >= 4 is 17.3 Å². The van der Waals surface area contributed by atoms with Crippen LogP contribution in [0.2, 0.25) is 0 Å². The van der Waals surface area contributed by atoms with Gasteiger partial charge in [0.05, 0.1) is 19.9 Å². The lowest BCUT2D eigenvalue weighted by Gasteiger charge is -1.91. The van der Waals surface area contributed by atoms with E-state index in [0.717, 1.165) is 5.01 Å². The zero-order valence-corrected chi connectivity index (χ0v) is 7.68. The van der Waals surface area contributed by atoms with Gasteiger partial charge < -0.3 is 9.47 Å². The first-order valence-corrected chi connectivity index (χ1v) is 4.11. The molecule has 0 aliphatic rings. The van der Waals surface area contributed by atoms with E-state index in [2.05, 4.69) is 9.72 Å². The van der Waals surface area contributed by atoms with Crippen molar-refractivity contribution in [1.82, 2.24) is 4.98 Å². The Hall–Kier alpha value is -0.940. The standard InChI is InChI=1S/C7H9NO3S/c1-10-4-6-8-3-5(12-6)7(9)11-2/h3H,4H2,1-2H3. The van der Waals surface area contributed by atoms with Crippen LogP contribution in [0.3, 0.4) is 0 Å². The molecule has 0 atom stereocenters. The van der Waals surface area contributed by atoms with Crippen molar-refractivity contribution in [1.29, 1.82) is 0 Å². The van der Waals surface area contributed by atoms with E-state index < -0.39 is 0 Å². The summed E-state index contributed by atoms with van der Waals surface area (Å²) in [6, 6.07) is 0. The van der Waals surface area contributed by atoms with E-state index in [4.69, 9.17) is 4.74 Å². The second-order valence-corrected chi connectivity index (χ2v) is 3.16. The molecule has 1 heterocycles. The maximum Gasteiger partial charge on any atom is 0.349 e. The summed E-state index contributed by atoms with van der Waals surface area (Å²) in [6.45, 7) is 0.432. The van der Waals surface area contributed by atoms with Crippen molar-refractivity contribution < 1.29 is 14.3 Å². The molecule has 0 bridgehead atoms. The van der Waals surface area contributed by atoms with Gasteiger partial charge in [-0.25, -0.2) is 9.78 Å². The third-order valence-corrected chi connectivity index (χ3v) is 2.16. The number of ether oxygens (including phenoxy) is 2. The number of carbonyl (C=O) groups is 1. The van der Waals surface area contributed by atoms with Gasteiger partial charge in [0.15, 0.2) is 0 Å². The highest BCUT2D eigenvalue weighted by Gasteiger charge is 2.09. The van der Waals surface area contributed by atoms with Gasteiger partial charge in [0.25, 0.3) is 0 Å². The molecule has 0 aliphatic heterocycles. The summed E-state index contributed by atoms with van der Waals surface area (Å²) in [7, 11) is 2.93. The Balaban J connectivity index is 2.70. The van der Waals surface area contributed by atoms with Crippen molar-refractivity contribution in [3.8, 4) is 0 Å². The fourth-order valence-corrected chi connectivity index (χ4v) is 1.50. The number of thiazole rings is 1. The number of rotatable bonds is 3. The Morgan fingerprint density at radius 3 is 3.00 bits per heavy atom. The van der Waals surface area contributed by atoms with Crippen molar-refractivity contribution in [3.63, 3.8) is 0 Å². The molecule has 4 nitrogen and oxygen atoms in total. The molecule has 0 saturated heterocycles. The highest BCUT2D eigenvalue weighted by Crippen LogP contribution is 2.14. The maximum atomic E-state index is 10.9. The summed E-state index contributed by atoms with van der Waals surface area (Å²) in [5, 5.41) is 0.776. The largest absolute Gasteiger partial charge is 0.465 e. The molecule has 0 aromatic carbocycles. The van der Waals surface area contributed by atoms with Crippen LogP contribution < -0.4 is 0 Å². The molecule has 1 rings (SSSR count). The fourth-order valence-electron chi connectivity index (χ4n) is 0.695. The van der Waals surface area contributed by atoms with Gasteiger partial charge in [-0.05, 0) is 0 Å². The van der Waals surface area contributed by atoms with Crippen LogP contribution in [-0.4, -0.2) is 25.2 Å². The monoisotopic (exact) mass is 187 g/mol. The van der Waals surface area contributed by atoms with Crippen LogP contribution in [0.15, 0.2) is 6.20 Å². The van der Waals surface area contributed by atoms with Gasteiger partial charge >= 0.3 is 5.97 Å². The molecule has 0 saturated carbocycles. The molecule has 0 spiro atoms. The molecule has 0 radical (unpaired) electrons. The van der Waals surface area contributed by atoms with E-state index in [1.165, 1.54) is 24.6 Å². The van der Waals surface area contributed by atoms with Crippen LogP contribution >= 0.6 is 11.3 Å². The van der Waals surface area contributed by atoms with Crippen LogP contribution in [0.4, 0.5) is 0 Å². The van der Waals surface area contributed by atoms with Gasteiger partial charge in [0, 0.05) is 7.11 Å². The predicted octanol–water partition coefficient (Wildman–Crippen LogP) is 1.08. The summed E-state index contributed by atoms with van der Waals surface area (Å²) in [4.78, 5) is 15.4. The lowest BCUT2D eigenvalue weighted by molar-refractivity contribution is 0.0606. The minimum Gasteiger partial charge on any atom is -0.465 e. The van der Waals surface area contributed by atoms with Crippen molar-refractivity contribution in [2.45, 2.75) is 6.61 Å². The Bertz CT molecular complexity index is 271. The first-order valence-electron chi connectivity index (χ1n) is 3.30. The maximum absolute atomic E-state index is 10.9. The summed E-state index contributed by atoms with van der Waals surface area (Å²) >= 11 is 1.28. The topological polar surface area (TPSA) is 48.4 Å². The zero-order chi connectivity index (χ0) is 8.97. The van der Waals surface area contributed by atoms with Crippen LogP contribution in [0.25, 0.3) is 0 Å². The van der Waals surface area contributed by atoms with Gasteiger partial charge in [-0.1, -0.05) is 0 Å². The number of hydrogen-bond donors (Lipinski definition) is 0. The quantitative estimate of drug-likeness (QED) is 0.664. The van der Waals surface area contributed by atoms with Crippen molar-refractivity contribution in [2.24, 2.45) is 0 Å². The second-order valence-electron chi connectivity index (χ2n) is 2.04. The number of aromatic nitrogens is 1. The zero-order valence-electron chi connectivity index (χ0n) is 6.86. The average Bonchev–Trinajstić information content (AvgIpc) is 2.52. The van der Waals surface area contributed by atoms with Gasteiger partial charge in [-0.2, -0.15) is 0 Å². The van der Waals surface area contributed by atoms with E-state index in [1.54, 1.807) is 7.11 Å². The lowest BCUT2D eigenvalue weighted by Crippen LogP contribution is -1.96. The molecule has 0 unspecified atom stereocenters. The molecule has 5 heteroatoms. The molecule has 0 amide bonds. The van der Waals surface area contributed by atoms with Crippen LogP contribution in [-0.2, 0) is 16.1 Å². The van der Waals surface area contributed by atoms with Crippen LogP contribution in [0.1, 0.15) is 14.7 Å². The number of nitrogens with zero attached hydrogens (tertiary/aromatic N) is 1. The summed E-state index contributed by atoms with van der Waals surface area (Å²) in [5.41, 5.74) is 0. The minimum atomic E-state index is -0.352.